The van der Waals surface area contributed by atoms with Crippen molar-refractivity contribution in [1.29, 1.82) is 0 Å². The van der Waals surface area contributed by atoms with Crippen molar-refractivity contribution in [3.8, 4) is 0 Å². The summed E-state index contributed by atoms with van der Waals surface area (Å²) in [7, 11) is 0. The molecule has 1 amide bonds. The molecule has 12 heavy (non-hydrogen) atoms. The summed E-state index contributed by atoms with van der Waals surface area (Å²) in [5, 5.41) is 2.85. The van der Waals surface area contributed by atoms with Crippen molar-refractivity contribution >= 4 is 5.91 Å². The summed E-state index contributed by atoms with van der Waals surface area (Å²) < 4.78 is 0. The van der Waals surface area contributed by atoms with E-state index in [1.54, 1.807) is 0 Å². The Kier molecular flexibility index (Phi) is 2.30. The highest BCUT2D eigenvalue weighted by Crippen LogP contribution is 2.22. The van der Waals surface area contributed by atoms with Crippen LogP contribution in [0.15, 0.2) is 0 Å². The van der Waals surface area contributed by atoms with Crippen LogP contribution in [0.5, 0.6) is 0 Å². The van der Waals surface area contributed by atoms with Gasteiger partial charge in [-0.25, -0.2) is 0 Å². The summed E-state index contributed by atoms with van der Waals surface area (Å²) in [4.78, 5) is 13.2. The second-order valence-corrected chi connectivity index (χ2v) is 3.80. The first-order valence-corrected chi connectivity index (χ1v) is 4.87. The minimum Gasteiger partial charge on any atom is -0.342 e. The van der Waals surface area contributed by atoms with E-state index in [-0.39, 0.29) is 5.91 Å². The van der Waals surface area contributed by atoms with Gasteiger partial charge in [0.15, 0.2) is 0 Å². The molecular weight excluding hydrogens is 152 g/mol. The first-order valence-electron chi connectivity index (χ1n) is 4.87. The maximum absolute atomic E-state index is 10.9. The molecule has 2 fully saturated rings. The summed E-state index contributed by atoms with van der Waals surface area (Å²) in [6.07, 6.45) is 6.64. The average Bonchev–Trinajstić information content (AvgIpc) is 2.54. The second-order valence-electron chi connectivity index (χ2n) is 3.80. The van der Waals surface area contributed by atoms with Crippen molar-refractivity contribution in [3.63, 3.8) is 0 Å². The minimum atomic E-state index is 0.195. The summed E-state index contributed by atoms with van der Waals surface area (Å²) in [6, 6.07) is 0.678. The van der Waals surface area contributed by atoms with Gasteiger partial charge in [0, 0.05) is 6.04 Å². The highest BCUT2D eigenvalue weighted by atomic mass is 16.2. The molecule has 1 N–H and O–H groups in total. The third-order valence-corrected chi connectivity index (χ3v) is 2.92. The molecule has 0 spiro atoms. The van der Waals surface area contributed by atoms with Crippen LogP contribution in [0, 0.1) is 0 Å². The standard InChI is InChI=1S/C9H16N2O/c12-9-6-11(7-10-9)8-4-2-1-3-5-8/h8H,1-7H2,(H,10,12). The van der Waals surface area contributed by atoms with E-state index in [4.69, 9.17) is 0 Å². The van der Waals surface area contributed by atoms with Gasteiger partial charge in [-0.2, -0.15) is 0 Å². The predicted octanol–water partition coefficient (Wildman–Crippen LogP) is 0.708. The van der Waals surface area contributed by atoms with Gasteiger partial charge in [-0.05, 0) is 12.8 Å². The van der Waals surface area contributed by atoms with Crippen LogP contribution in [0.3, 0.4) is 0 Å². The molecule has 2 rings (SSSR count). The molecule has 0 atom stereocenters. The van der Waals surface area contributed by atoms with Crippen LogP contribution in [0.1, 0.15) is 32.1 Å². The van der Waals surface area contributed by atoms with Crippen LogP contribution in [-0.4, -0.2) is 30.1 Å². The lowest BCUT2D eigenvalue weighted by molar-refractivity contribution is -0.118. The Labute approximate surface area is 73.1 Å². The highest BCUT2D eigenvalue weighted by molar-refractivity contribution is 5.79. The summed E-state index contributed by atoms with van der Waals surface area (Å²) in [5.41, 5.74) is 0. The Morgan fingerprint density at radius 3 is 2.58 bits per heavy atom. The Hall–Kier alpha value is -0.570. The van der Waals surface area contributed by atoms with E-state index < -0.39 is 0 Å². The van der Waals surface area contributed by atoms with Crippen LogP contribution in [0.4, 0.5) is 0 Å². The number of rotatable bonds is 1. The maximum atomic E-state index is 10.9. The Morgan fingerprint density at radius 1 is 1.25 bits per heavy atom. The molecule has 0 aromatic rings. The third-order valence-electron chi connectivity index (χ3n) is 2.92. The molecule has 1 saturated heterocycles. The first-order chi connectivity index (χ1) is 5.86. The quantitative estimate of drug-likeness (QED) is 0.625. The van der Waals surface area contributed by atoms with Crippen molar-refractivity contribution in [3.05, 3.63) is 0 Å². The van der Waals surface area contributed by atoms with Gasteiger partial charge in [0.25, 0.3) is 0 Å². The molecule has 0 aromatic heterocycles. The van der Waals surface area contributed by atoms with Crippen molar-refractivity contribution < 1.29 is 4.79 Å². The van der Waals surface area contributed by atoms with E-state index in [0.717, 1.165) is 6.67 Å². The summed E-state index contributed by atoms with van der Waals surface area (Å²) in [6.45, 7) is 1.41. The molecule has 68 valence electrons. The van der Waals surface area contributed by atoms with E-state index in [1.807, 2.05) is 0 Å². The monoisotopic (exact) mass is 168 g/mol. The Morgan fingerprint density at radius 2 is 2.00 bits per heavy atom. The molecule has 1 heterocycles. The molecule has 0 aromatic carbocycles. The van der Waals surface area contributed by atoms with E-state index in [0.29, 0.717) is 12.6 Å². The Bertz CT molecular complexity index is 175. The predicted molar refractivity (Wildman–Crippen MR) is 46.6 cm³/mol. The highest BCUT2D eigenvalue weighted by Gasteiger charge is 2.26. The van der Waals surface area contributed by atoms with Gasteiger partial charge in [-0.1, -0.05) is 19.3 Å². The van der Waals surface area contributed by atoms with Crippen LogP contribution in [-0.2, 0) is 4.79 Å². The topological polar surface area (TPSA) is 32.3 Å². The molecule has 2 aliphatic rings. The smallest absolute Gasteiger partial charge is 0.235 e. The van der Waals surface area contributed by atoms with Crippen molar-refractivity contribution in [2.24, 2.45) is 0 Å². The number of hydrogen-bond donors (Lipinski definition) is 1. The molecular formula is C9H16N2O. The van der Waals surface area contributed by atoms with Crippen molar-refractivity contribution in [2.75, 3.05) is 13.2 Å². The number of nitrogens with zero attached hydrogens (tertiary/aromatic N) is 1. The van der Waals surface area contributed by atoms with E-state index in [2.05, 4.69) is 10.2 Å². The zero-order chi connectivity index (χ0) is 8.39. The molecule has 3 nitrogen and oxygen atoms in total. The average molecular weight is 168 g/mol. The number of nitrogens with one attached hydrogen (secondary N) is 1. The fourth-order valence-electron chi connectivity index (χ4n) is 2.19. The molecule has 3 heteroatoms. The normalized spacial score (nSPS) is 27.5. The molecule has 0 unspecified atom stereocenters. The van der Waals surface area contributed by atoms with E-state index in [1.165, 1.54) is 32.1 Å². The molecule has 0 bridgehead atoms. The van der Waals surface area contributed by atoms with Gasteiger partial charge in [0.2, 0.25) is 5.91 Å². The first kappa shape index (κ1) is 8.05. The van der Waals surface area contributed by atoms with Gasteiger partial charge in [0.1, 0.15) is 0 Å². The zero-order valence-corrected chi connectivity index (χ0v) is 7.38. The van der Waals surface area contributed by atoms with Gasteiger partial charge in [-0.15, -0.1) is 0 Å². The minimum absolute atomic E-state index is 0.195. The van der Waals surface area contributed by atoms with Crippen LogP contribution in [0.25, 0.3) is 0 Å². The fraction of sp³-hybridized carbons (Fsp3) is 0.889. The fourth-order valence-corrected chi connectivity index (χ4v) is 2.19. The zero-order valence-electron chi connectivity index (χ0n) is 7.38. The lowest BCUT2D eigenvalue weighted by Crippen LogP contribution is -2.35. The number of amides is 1. The number of carbonyl (C=O) groups is 1. The summed E-state index contributed by atoms with van der Waals surface area (Å²) >= 11 is 0. The van der Waals surface area contributed by atoms with Crippen LogP contribution in [0.2, 0.25) is 0 Å². The third kappa shape index (κ3) is 1.61. The maximum Gasteiger partial charge on any atom is 0.235 e. The molecule has 1 aliphatic carbocycles. The SMILES string of the molecule is O=C1CN(C2CCCCC2)CN1. The van der Waals surface area contributed by atoms with E-state index in [9.17, 15) is 4.79 Å². The summed E-state index contributed by atoms with van der Waals surface area (Å²) in [5.74, 6) is 0.195. The van der Waals surface area contributed by atoms with Crippen LogP contribution >= 0.6 is 0 Å². The second kappa shape index (κ2) is 3.44. The molecule has 1 aliphatic heterocycles. The largest absolute Gasteiger partial charge is 0.342 e. The molecule has 1 saturated carbocycles. The number of carbonyl (C=O) groups excluding carboxylic acids is 1. The van der Waals surface area contributed by atoms with Gasteiger partial charge >= 0.3 is 0 Å². The van der Waals surface area contributed by atoms with Crippen molar-refractivity contribution in [1.82, 2.24) is 10.2 Å². The van der Waals surface area contributed by atoms with E-state index >= 15 is 0 Å². The molecule has 0 radical (unpaired) electrons. The van der Waals surface area contributed by atoms with Gasteiger partial charge in [-0.3, -0.25) is 9.69 Å². The van der Waals surface area contributed by atoms with Crippen LogP contribution < -0.4 is 5.32 Å². The van der Waals surface area contributed by atoms with Gasteiger partial charge in [0.05, 0.1) is 13.2 Å². The van der Waals surface area contributed by atoms with Gasteiger partial charge < -0.3 is 5.32 Å². The lowest BCUT2D eigenvalue weighted by atomic mass is 9.94. The number of hydrogen-bond acceptors (Lipinski definition) is 2. The van der Waals surface area contributed by atoms with Crippen molar-refractivity contribution in [2.45, 2.75) is 38.1 Å². The lowest BCUT2D eigenvalue weighted by Gasteiger charge is -2.29. The Balaban J connectivity index is 1.86.